The van der Waals surface area contributed by atoms with E-state index >= 15 is 0 Å². The summed E-state index contributed by atoms with van der Waals surface area (Å²) in [6.45, 7) is 0. The second kappa shape index (κ2) is 7.59. The number of aliphatic hydroxyl groups excluding tert-OH is 1. The second-order valence-corrected chi connectivity index (χ2v) is 6.50. The first-order valence-electron chi connectivity index (χ1n) is 9.03. The summed E-state index contributed by atoms with van der Waals surface area (Å²) in [5.41, 5.74) is 1.10. The fourth-order valence-electron chi connectivity index (χ4n) is 3.44. The van der Waals surface area contributed by atoms with E-state index < -0.39 is 17.7 Å². The number of methoxy groups -OCH3 is 1. The Morgan fingerprint density at radius 3 is 2.45 bits per heavy atom. The molecule has 0 saturated carbocycles. The van der Waals surface area contributed by atoms with Crippen molar-refractivity contribution in [2.45, 2.75) is 6.04 Å². The van der Waals surface area contributed by atoms with Crippen molar-refractivity contribution in [3.63, 3.8) is 0 Å². The minimum absolute atomic E-state index is 0.0140. The van der Waals surface area contributed by atoms with Crippen LogP contribution in [-0.4, -0.2) is 28.9 Å². The molecule has 6 nitrogen and oxygen atoms in total. The number of carbonyl (C=O) groups excluding carboxylic acids is 2. The molecule has 2 aromatic carbocycles. The van der Waals surface area contributed by atoms with Crippen molar-refractivity contribution in [1.82, 2.24) is 4.98 Å². The van der Waals surface area contributed by atoms with Gasteiger partial charge in [-0.2, -0.15) is 0 Å². The van der Waals surface area contributed by atoms with Gasteiger partial charge in [-0.1, -0.05) is 48.5 Å². The Kier molecular flexibility index (Phi) is 4.83. The molecule has 1 fully saturated rings. The lowest BCUT2D eigenvalue weighted by Gasteiger charge is -2.24. The first-order chi connectivity index (χ1) is 14.1. The summed E-state index contributed by atoms with van der Waals surface area (Å²) in [6, 6.07) is 20.2. The maximum absolute atomic E-state index is 13.0. The predicted octanol–water partition coefficient (Wildman–Crippen LogP) is 3.72. The number of Topliss-reactive ketones (excluding diaryl/α,β-unsaturated/α-hetero) is 1. The quantitative estimate of drug-likeness (QED) is 0.420. The van der Waals surface area contributed by atoms with E-state index in [0.29, 0.717) is 22.7 Å². The first-order valence-corrected chi connectivity index (χ1v) is 9.03. The molecule has 0 spiro atoms. The van der Waals surface area contributed by atoms with Crippen molar-refractivity contribution in [1.29, 1.82) is 0 Å². The Labute approximate surface area is 167 Å². The third-order valence-corrected chi connectivity index (χ3v) is 4.80. The van der Waals surface area contributed by atoms with Crippen LogP contribution in [0.4, 0.5) is 5.82 Å². The lowest BCUT2D eigenvalue weighted by molar-refractivity contribution is -0.132. The number of anilines is 1. The largest absolute Gasteiger partial charge is 0.507 e. The van der Waals surface area contributed by atoms with Crippen LogP contribution in [0.25, 0.3) is 5.76 Å². The van der Waals surface area contributed by atoms with Crippen molar-refractivity contribution in [3.05, 3.63) is 95.7 Å². The summed E-state index contributed by atoms with van der Waals surface area (Å²) in [6.07, 6.45) is 1.55. The molecule has 3 aromatic rings. The maximum Gasteiger partial charge on any atom is 0.301 e. The summed E-state index contributed by atoms with van der Waals surface area (Å²) < 4.78 is 5.21. The maximum atomic E-state index is 13.0. The van der Waals surface area contributed by atoms with Gasteiger partial charge in [-0.25, -0.2) is 4.98 Å². The average molecular weight is 386 g/mol. The monoisotopic (exact) mass is 386 g/mol. The molecule has 1 atom stereocenters. The lowest BCUT2D eigenvalue weighted by Crippen LogP contribution is -2.30. The Balaban J connectivity index is 1.94. The van der Waals surface area contributed by atoms with Gasteiger partial charge in [0.15, 0.2) is 0 Å². The molecular formula is C23H18N2O4. The molecule has 0 radical (unpaired) electrons. The average Bonchev–Trinajstić information content (AvgIpc) is 3.05. The van der Waals surface area contributed by atoms with Gasteiger partial charge >= 0.3 is 5.91 Å². The van der Waals surface area contributed by atoms with Crippen LogP contribution in [0.3, 0.4) is 0 Å². The van der Waals surface area contributed by atoms with Crippen LogP contribution < -0.4 is 9.64 Å². The molecule has 29 heavy (non-hydrogen) atoms. The van der Waals surface area contributed by atoms with Crippen LogP contribution in [0.1, 0.15) is 17.2 Å². The van der Waals surface area contributed by atoms with Crippen molar-refractivity contribution in [2.24, 2.45) is 0 Å². The van der Waals surface area contributed by atoms with Gasteiger partial charge in [0, 0.05) is 11.8 Å². The van der Waals surface area contributed by atoms with E-state index in [1.54, 1.807) is 48.7 Å². The highest BCUT2D eigenvalue weighted by Gasteiger charge is 2.47. The van der Waals surface area contributed by atoms with Gasteiger partial charge in [0.1, 0.15) is 17.3 Å². The van der Waals surface area contributed by atoms with Gasteiger partial charge in [0.2, 0.25) is 0 Å². The molecule has 1 amide bonds. The van der Waals surface area contributed by atoms with E-state index in [2.05, 4.69) is 4.98 Å². The zero-order valence-electron chi connectivity index (χ0n) is 15.6. The van der Waals surface area contributed by atoms with E-state index in [1.165, 1.54) is 12.0 Å². The number of rotatable bonds is 4. The van der Waals surface area contributed by atoms with Crippen LogP contribution in [0.15, 0.2) is 84.6 Å². The molecule has 144 valence electrons. The first kappa shape index (κ1) is 18.4. The predicted molar refractivity (Wildman–Crippen MR) is 108 cm³/mol. The van der Waals surface area contributed by atoms with Crippen LogP contribution >= 0.6 is 0 Å². The Hall–Kier alpha value is -3.93. The Bertz CT molecular complexity index is 1090. The van der Waals surface area contributed by atoms with Gasteiger partial charge in [-0.05, 0) is 29.8 Å². The number of hydrogen-bond donors (Lipinski definition) is 1. The second-order valence-electron chi connectivity index (χ2n) is 6.50. The smallest absolute Gasteiger partial charge is 0.301 e. The van der Waals surface area contributed by atoms with Crippen molar-refractivity contribution >= 4 is 23.3 Å². The molecule has 1 aliphatic heterocycles. The standard InChI is InChI=1S/C23H18N2O4/c1-29-17-11-7-10-16(14-17)21(26)19-20(15-8-3-2-4-9-15)25(23(28)22(19)27)18-12-5-6-13-24-18/h2-14,20,26H,1H3/b21-19+/t20-/m0/s1. The summed E-state index contributed by atoms with van der Waals surface area (Å²) in [4.78, 5) is 31.5. The van der Waals surface area contributed by atoms with Gasteiger partial charge < -0.3 is 9.84 Å². The molecule has 0 bridgehead atoms. The summed E-state index contributed by atoms with van der Waals surface area (Å²) in [5, 5.41) is 11.0. The van der Waals surface area contributed by atoms with Gasteiger partial charge in [-0.3, -0.25) is 14.5 Å². The molecule has 0 unspecified atom stereocenters. The number of aromatic nitrogens is 1. The summed E-state index contributed by atoms with van der Waals surface area (Å²) >= 11 is 0. The van der Waals surface area contributed by atoms with Crippen LogP contribution in [0.5, 0.6) is 5.75 Å². The molecular weight excluding hydrogens is 368 g/mol. The van der Waals surface area contributed by atoms with E-state index in [9.17, 15) is 14.7 Å². The molecule has 6 heteroatoms. The number of ketones is 1. The van der Waals surface area contributed by atoms with Crippen molar-refractivity contribution in [2.75, 3.05) is 12.0 Å². The minimum Gasteiger partial charge on any atom is -0.507 e. The fourth-order valence-corrected chi connectivity index (χ4v) is 3.44. The highest BCUT2D eigenvalue weighted by atomic mass is 16.5. The van der Waals surface area contributed by atoms with Gasteiger partial charge in [-0.15, -0.1) is 0 Å². The zero-order chi connectivity index (χ0) is 20.4. The lowest BCUT2D eigenvalue weighted by atomic mass is 9.95. The number of hydrogen-bond acceptors (Lipinski definition) is 5. The molecule has 1 aliphatic rings. The van der Waals surface area contributed by atoms with E-state index in [0.717, 1.165) is 0 Å². The summed E-state index contributed by atoms with van der Waals surface area (Å²) in [5.74, 6) is -0.876. The number of ether oxygens (including phenoxy) is 1. The third kappa shape index (κ3) is 3.25. The molecule has 1 aromatic heterocycles. The van der Waals surface area contributed by atoms with E-state index in [1.807, 2.05) is 30.3 Å². The van der Waals surface area contributed by atoms with Gasteiger partial charge in [0.05, 0.1) is 18.7 Å². The number of pyridine rings is 1. The highest BCUT2D eigenvalue weighted by Crippen LogP contribution is 2.41. The van der Waals surface area contributed by atoms with Gasteiger partial charge in [0.25, 0.3) is 5.78 Å². The fraction of sp³-hybridized carbons (Fsp3) is 0.0870. The molecule has 4 rings (SSSR count). The molecule has 1 N–H and O–H groups in total. The molecule has 2 heterocycles. The topological polar surface area (TPSA) is 79.7 Å². The third-order valence-electron chi connectivity index (χ3n) is 4.80. The minimum atomic E-state index is -0.794. The van der Waals surface area contributed by atoms with Crippen LogP contribution in [0.2, 0.25) is 0 Å². The number of nitrogens with zero attached hydrogens (tertiary/aromatic N) is 2. The van der Waals surface area contributed by atoms with Crippen LogP contribution in [-0.2, 0) is 9.59 Å². The van der Waals surface area contributed by atoms with Crippen molar-refractivity contribution < 1.29 is 19.4 Å². The van der Waals surface area contributed by atoms with Crippen molar-refractivity contribution in [3.8, 4) is 5.75 Å². The van der Waals surface area contributed by atoms with E-state index in [-0.39, 0.29) is 11.3 Å². The molecule has 0 aliphatic carbocycles. The SMILES string of the molecule is COc1cccc(/C(O)=C2\C(=O)C(=O)N(c3ccccn3)[C@H]2c2ccccc2)c1. The normalized spacial score (nSPS) is 18.1. The number of benzene rings is 2. The Morgan fingerprint density at radius 1 is 1.00 bits per heavy atom. The zero-order valence-corrected chi connectivity index (χ0v) is 15.6. The molecule has 1 saturated heterocycles. The number of aliphatic hydroxyl groups is 1. The van der Waals surface area contributed by atoms with Crippen LogP contribution in [0, 0.1) is 0 Å². The number of amides is 1. The number of carbonyl (C=O) groups is 2. The highest BCUT2D eigenvalue weighted by molar-refractivity contribution is 6.51. The Morgan fingerprint density at radius 2 is 1.76 bits per heavy atom. The summed E-state index contributed by atoms with van der Waals surface area (Å²) in [7, 11) is 1.52. The van der Waals surface area contributed by atoms with E-state index in [4.69, 9.17) is 4.74 Å².